The molecule has 0 spiro atoms. The number of phenols is 1. The fourth-order valence-electron chi connectivity index (χ4n) is 1.09. The summed E-state index contributed by atoms with van der Waals surface area (Å²) in [5, 5.41) is 18.1. The molecule has 4 nitrogen and oxygen atoms in total. The molecular weight excluding hydrogens is 196 g/mol. The highest BCUT2D eigenvalue weighted by Gasteiger charge is 2.13. The third-order valence-electron chi connectivity index (χ3n) is 2.10. The molecule has 0 aliphatic carbocycles. The molecule has 0 saturated heterocycles. The van der Waals surface area contributed by atoms with Gasteiger partial charge in [-0.25, -0.2) is 4.79 Å². The van der Waals surface area contributed by atoms with E-state index in [1.807, 2.05) is 13.8 Å². The van der Waals surface area contributed by atoms with Gasteiger partial charge in [-0.2, -0.15) is 0 Å². The van der Waals surface area contributed by atoms with Crippen LogP contribution in [-0.2, 0) is 0 Å². The Bertz CT molecular complexity index is 360. The second-order valence-electron chi connectivity index (χ2n) is 3.32. The number of rotatable bonds is 4. The first-order chi connectivity index (χ1) is 7.04. The van der Waals surface area contributed by atoms with Crippen molar-refractivity contribution in [3.05, 3.63) is 23.8 Å². The van der Waals surface area contributed by atoms with Crippen LogP contribution in [0, 0.1) is 0 Å². The normalized spacial score (nSPS) is 12.1. The first kappa shape index (κ1) is 11.4. The summed E-state index contributed by atoms with van der Waals surface area (Å²) < 4.78 is 5.40. The van der Waals surface area contributed by atoms with Crippen molar-refractivity contribution in [3.8, 4) is 11.5 Å². The first-order valence-electron chi connectivity index (χ1n) is 4.77. The van der Waals surface area contributed by atoms with E-state index in [0.29, 0.717) is 0 Å². The van der Waals surface area contributed by atoms with Crippen LogP contribution < -0.4 is 4.74 Å². The zero-order valence-corrected chi connectivity index (χ0v) is 8.73. The highest BCUT2D eigenvalue weighted by Crippen LogP contribution is 2.25. The van der Waals surface area contributed by atoms with E-state index in [4.69, 9.17) is 9.84 Å². The topological polar surface area (TPSA) is 66.8 Å². The lowest BCUT2D eigenvalue weighted by molar-refractivity contribution is 0.0689. The smallest absolute Gasteiger partial charge is 0.339 e. The van der Waals surface area contributed by atoms with Gasteiger partial charge in [-0.3, -0.25) is 0 Å². The largest absolute Gasteiger partial charge is 0.508 e. The Morgan fingerprint density at radius 2 is 2.20 bits per heavy atom. The Hall–Kier alpha value is -1.71. The molecule has 0 saturated carbocycles. The zero-order valence-electron chi connectivity index (χ0n) is 8.73. The molecule has 2 N–H and O–H groups in total. The molecule has 0 bridgehead atoms. The number of carbonyl (C=O) groups is 1. The van der Waals surface area contributed by atoms with E-state index in [-0.39, 0.29) is 23.2 Å². The number of aromatic carboxylic acids is 1. The molecule has 0 heterocycles. The number of aromatic hydroxyl groups is 1. The Kier molecular flexibility index (Phi) is 3.55. The van der Waals surface area contributed by atoms with Crippen molar-refractivity contribution in [2.45, 2.75) is 26.4 Å². The van der Waals surface area contributed by atoms with E-state index in [9.17, 15) is 9.90 Å². The van der Waals surface area contributed by atoms with Crippen molar-refractivity contribution in [1.82, 2.24) is 0 Å². The molecule has 82 valence electrons. The summed E-state index contributed by atoms with van der Waals surface area (Å²) in [5.41, 5.74) is 0.0631. The van der Waals surface area contributed by atoms with Crippen LogP contribution in [0.15, 0.2) is 18.2 Å². The van der Waals surface area contributed by atoms with Gasteiger partial charge in [0.25, 0.3) is 0 Å². The van der Waals surface area contributed by atoms with E-state index >= 15 is 0 Å². The average molecular weight is 210 g/mol. The number of carboxylic acid groups (broad SMARTS) is 1. The molecule has 0 aliphatic rings. The predicted molar refractivity (Wildman–Crippen MR) is 55.4 cm³/mol. The molecule has 15 heavy (non-hydrogen) atoms. The molecule has 0 amide bonds. The van der Waals surface area contributed by atoms with Crippen LogP contribution in [0.1, 0.15) is 30.6 Å². The third kappa shape index (κ3) is 2.87. The second-order valence-corrected chi connectivity index (χ2v) is 3.32. The fraction of sp³-hybridized carbons (Fsp3) is 0.364. The molecule has 0 fully saturated rings. The van der Waals surface area contributed by atoms with Crippen molar-refractivity contribution in [3.63, 3.8) is 0 Å². The molecule has 1 atom stereocenters. The molecule has 4 heteroatoms. The van der Waals surface area contributed by atoms with Gasteiger partial charge in [-0.05, 0) is 25.5 Å². The monoisotopic (exact) mass is 210 g/mol. The first-order valence-corrected chi connectivity index (χ1v) is 4.77. The number of benzene rings is 1. The Balaban J connectivity index is 3.02. The van der Waals surface area contributed by atoms with Crippen LogP contribution in [0.3, 0.4) is 0 Å². The van der Waals surface area contributed by atoms with Crippen LogP contribution in [0.25, 0.3) is 0 Å². The van der Waals surface area contributed by atoms with Crippen molar-refractivity contribution >= 4 is 5.97 Å². The van der Waals surface area contributed by atoms with E-state index in [1.165, 1.54) is 18.2 Å². The number of carboxylic acids is 1. The van der Waals surface area contributed by atoms with E-state index in [2.05, 4.69) is 0 Å². The summed E-state index contributed by atoms with van der Waals surface area (Å²) in [5.74, 6) is -0.858. The Morgan fingerprint density at radius 3 is 2.73 bits per heavy atom. The molecule has 1 aromatic carbocycles. The van der Waals surface area contributed by atoms with Crippen molar-refractivity contribution in [2.24, 2.45) is 0 Å². The van der Waals surface area contributed by atoms with Crippen LogP contribution in [0.5, 0.6) is 11.5 Å². The summed E-state index contributed by atoms with van der Waals surface area (Å²) in [7, 11) is 0. The summed E-state index contributed by atoms with van der Waals surface area (Å²) in [6.07, 6.45) is 0.694. The number of phenolic OH excluding ortho intramolecular Hbond substituents is 1. The maximum absolute atomic E-state index is 10.8. The maximum Gasteiger partial charge on any atom is 0.339 e. The number of ether oxygens (including phenoxy) is 1. The number of hydrogen-bond acceptors (Lipinski definition) is 3. The van der Waals surface area contributed by atoms with Gasteiger partial charge in [0.15, 0.2) is 0 Å². The highest BCUT2D eigenvalue weighted by molar-refractivity contribution is 5.91. The van der Waals surface area contributed by atoms with Gasteiger partial charge in [0.1, 0.15) is 17.1 Å². The molecular formula is C11H14O4. The minimum absolute atomic E-state index is 0.00157. The Labute approximate surface area is 88.1 Å². The van der Waals surface area contributed by atoms with Gasteiger partial charge < -0.3 is 14.9 Å². The zero-order chi connectivity index (χ0) is 11.4. The van der Waals surface area contributed by atoms with Crippen LogP contribution in [0.4, 0.5) is 0 Å². The second kappa shape index (κ2) is 4.68. The molecule has 0 aliphatic heterocycles. The third-order valence-corrected chi connectivity index (χ3v) is 2.10. The minimum Gasteiger partial charge on any atom is -0.508 e. The SMILES string of the molecule is CCC(C)Oc1cc(O)ccc1C(=O)O. The van der Waals surface area contributed by atoms with Gasteiger partial charge in [0, 0.05) is 6.07 Å². The van der Waals surface area contributed by atoms with Crippen LogP contribution >= 0.6 is 0 Å². The lowest BCUT2D eigenvalue weighted by Crippen LogP contribution is -2.12. The summed E-state index contributed by atoms with van der Waals surface area (Å²) in [6, 6.07) is 3.97. The maximum atomic E-state index is 10.8. The number of hydrogen-bond donors (Lipinski definition) is 2. The molecule has 1 rings (SSSR count). The standard InChI is InChI=1S/C11H14O4/c1-3-7(2)15-10-6-8(12)4-5-9(10)11(13)14/h4-7,12H,3H2,1-2H3,(H,13,14). The van der Waals surface area contributed by atoms with Crippen LogP contribution in [0.2, 0.25) is 0 Å². The molecule has 0 aromatic heterocycles. The van der Waals surface area contributed by atoms with Crippen molar-refractivity contribution < 1.29 is 19.7 Å². The Morgan fingerprint density at radius 1 is 1.53 bits per heavy atom. The minimum atomic E-state index is -1.06. The van der Waals surface area contributed by atoms with Gasteiger partial charge in [0.05, 0.1) is 6.10 Å². The fourth-order valence-corrected chi connectivity index (χ4v) is 1.09. The van der Waals surface area contributed by atoms with Gasteiger partial charge in [0.2, 0.25) is 0 Å². The van der Waals surface area contributed by atoms with E-state index in [0.717, 1.165) is 6.42 Å². The average Bonchev–Trinajstić information content (AvgIpc) is 2.17. The lowest BCUT2D eigenvalue weighted by Gasteiger charge is -2.14. The molecule has 1 unspecified atom stereocenters. The van der Waals surface area contributed by atoms with Crippen LogP contribution in [-0.4, -0.2) is 22.3 Å². The van der Waals surface area contributed by atoms with E-state index < -0.39 is 5.97 Å². The summed E-state index contributed by atoms with van der Waals surface area (Å²) >= 11 is 0. The van der Waals surface area contributed by atoms with Gasteiger partial charge in [-0.1, -0.05) is 6.92 Å². The lowest BCUT2D eigenvalue weighted by atomic mass is 10.2. The van der Waals surface area contributed by atoms with Gasteiger partial charge in [-0.15, -0.1) is 0 Å². The van der Waals surface area contributed by atoms with E-state index in [1.54, 1.807) is 0 Å². The van der Waals surface area contributed by atoms with Crippen molar-refractivity contribution in [2.75, 3.05) is 0 Å². The quantitative estimate of drug-likeness (QED) is 0.799. The highest BCUT2D eigenvalue weighted by atomic mass is 16.5. The van der Waals surface area contributed by atoms with Gasteiger partial charge >= 0.3 is 5.97 Å². The summed E-state index contributed by atoms with van der Waals surface area (Å²) in [4.78, 5) is 10.8. The molecule has 0 radical (unpaired) electrons. The molecule has 1 aromatic rings. The predicted octanol–water partition coefficient (Wildman–Crippen LogP) is 2.27. The van der Waals surface area contributed by atoms with Crippen molar-refractivity contribution in [1.29, 1.82) is 0 Å². The summed E-state index contributed by atoms with van der Waals surface area (Å²) in [6.45, 7) is 3.78.